The number of phosphoric acid groups is 2. The van der Waals surface area contributed by atoms with E-state index >= 15 is 0 Å². The van der Waals surface area contributed by atoms with Crippen LogP contribution in [0.15, 0.2) is 243 Å². The maximum absolute atomic E-state index is 13.1. The van der Waals surface area contributed by atoms with Gasteiger partial charge in [0.1, 0.15) is 19.3 Å². The number of rotatable bonds is 74. The third-order valence-corrected chi connectivity index (χ3v) is 17.7. The quantitative estimate of drug-likeness (QED) is 0.0169. The normalized spacial score (nSPS) is 15.0. The largest absolute Gasteiger partial charge is 0.472 e. The molecule has 0 spiro atoms. The monoisotopic (exact) mass is 1590 g/mol. The summed E-state index contributed by atoms with van der Waals surface area (Å²) in [6, 6.07) is 0. The Hall–Kier alpha value is -7.14. The van der Waals surface area contributed by atoms with Crippen molar-refractivity contribution in [2.24, 2.45) is 0 Å². The number of hydrogen-bond acceptors (Lipinski definition) is 15. The Bertz CT molecular complexity index is 3090. The van der Waals surface area contributed by atoms with E-state index in [2.05, 4.69) is 210 Å². The van der Waals surface area contributed by atoms with E-state index in [1.54, 1.807) is 0 Å². The van der Waals surface area contributed by atoms with E-state index in [1.165, 1.54) is 38.5 Å². The van der Waals surface area contributed by atoms with Crippen molar-refractivity contribution >= 4 is 39.5 Å². The molecule has 5 atom stereocenters. The van der Waals surface area contributed by atoms with E-state index in [4.69, 9.17) is 37.0 Å². The second-order valence-corrected chi connectivity index (χ2v) is 29.1. The molecule has 2 unspecified atom stereocenters. The molecule has 0 aliphatic rings. The average molecular weight is 1590 g/mol. The van der Waals surface area contributed by atoms with Gasteiger partial charge in [-0.15, -0.1) is 0 Å². The molecule has 0 aromatic heterocycles. The first kappa shape index (κ1) is 105. The Morgan fingerprint density at radius 1 is 0.259 bits per heavy atom. The van der Waals surface area contributed by atoms with Gasteiger partial charge < -0.3 is 33.8 Å². The van der Waals surface area contributed by atoms with Crippen molar-refractivity contribution in [3.8, 4) is 0 Å². The number of aliphatic hydroxyl groups excluding tert-OH is 1. The van der Waals surface area contributed by atoms with Crippen molar-refractivity contribution in [2.75, 3.05) is 39.6 Å². The molecule has 112 heavy (non-hydrogen) atoms. The third kappa shape index (κ3) is 80.9. The number of carbonyl (C=O) groups excluding carboxylic acids is 4. The zero-order chi connectivity index (χ0) is 81.7. The van der Waals surface area contributed by atoms with Crippen LogP contribution in [-0.2, 0) is 65.4 Å². The molecule has 0 amide bonds. The smallest absolute Gasteiger partial charge is 0.462 e. The van der Waals surface area contributed by atoms with Gasteiger partial charge in [-0.05, 0) is 180 Å². The summed E-state index contributed by atoms with van der Waals surface area (Å²) in [6.45, 7) is 4.24. The van der Waals surface area contributed by atoms with Crippen LogP contribution in [0.25, 0.3) is 0 Å². The summed E-state index contributed by atoms with van der Waals surface area (Å²) in [7, 11) is -10.1. The van der Waals surface area contributed by atoms with E-state index in [0.717, 1.165) is 116 Å². The third-order valence-electron chi connectivity index (χ3n) is 15.8. The highest BCUT2D eigenvalue weighted by molar-refractivity contribution is 7.47. The Morgan fingerprint density at radius 2 is 0.473 bits per heavy atom. The number of unbranched alkanes of at least 4 members (excludes halogenated alkanes) is 8. The first-order valence-electron chi connectivity index (χ1n) is 41.3. The van der Waals surface area contributed by atoms with Gasteiger partial charge in [-0.25, -0.2) is 9.13 Å². The fourth-order valence-corrected chi connectivity index (χ4v) is 11.2. The lowest BCUT2D eigenvalue weighted by Gasteiger charge is -2.21. The maximum Gasteiger partial charge on any atom is 0.472 e. The van der Waals surface area contributed by atoms with Gasteiger partial charge in [-0.2, -0.15) is 0 Å². The number of carbonyl (C=O) groups is 4. The van der Waals surface area contributed by atoms with Crippen LogP contribution >= 0.6 is 15.6 Å². The van der Waals surface area contributed by atoms with Gasteiger partial charge >= 0.3 is 39.5 Å². The summed E-state index contributed by atoms with van der Waals surface area (Å²) in [6.07, 6.45) is 108. The second kappa shape index (κ2) is 81.9. The van der Waals surface area contributed by atoms with Gasteiger partial charge in [0, 0.05) is 25.7 Å². The predicted octanol–water partition coefficient (Wildman–Crippen LogP) is 24.8. The second-order valence-electron chi connectivity index (χ2n) is 26.2. The summed E-state index contributed by atoms with van der Waals surface area (Å²) < 4.78 is 68.4. The highest BCUT2D eigenvalue weighted by atomic mass is 31.2. The van der Waals surface area contributed by atoms with Gasteiger partial charge in [0.2, 0.25) is 0 Å². The maximum atomic E-state index is 13.1. The van der Waals surface area contributed by atoms with Crippen molar-refractivity contribution in [3.05, 3.63) is 243 Å². The van der Waals surface area contributed by atoms with Crippen LogP contribution in [0, 0.1) is 0 Å². The van der Waals surface area contributed by atoms with Crippen LogP contribution in [-0.4, -0.2) is 96.7 Å². The van der Waals surface area contributed by atoms with E-state index < -0.39 is 97.5 Å². The lowest BCUT2D eigenvalue weighted by atomic mass is 10.2. The number of allylic oxidation sites excluding steroid dienone is 40. The van der Waals surface area contributed by atoms with E-state index in [9.17, 15) is 43.2 Å². The van der Waals surface area contributed by atoms with E-state index in [1.807, 2.05) is 60.8 Å². The number of ether oxygens (including phenoxy) is 4. The van der Waals surface area contributed by atoms with Crippen LogP contribution in [0.4, 0.5) is 0 Å². The SMILES string of the molecule is CC/C=C\C/C=C\C/C=C\C/C=C\C/C=C\C/C=C\CCC(=O)OC[C@H](COP(=O)(O)OC[C@@H](O)COP(=O)(O)OC[C@@H](COC(=O)CCC/C=C\C/C=C\C/C=C\C/C=C\CCCCC)OC(=O)CCC/C=C\C/C=C\C/C=C\C/C=C\CCCCC)OC(=O)CC/C=C\C/C=C\C/C=C\C/C=C\C/C=C\C/C=C\CC. The van der Waals surface area contributed by atoms with E-state index in [-0.39, 0.29) is 25.7 Å². The van der Waals surface area contributed by atoms with Gasteiger partial charge in [-0.1, -0.05) is 296 Å². The fraction of sp³-hybridized carbons (Fsp3) is 0.527. The predicted molar refractivity (Wildman–Crippen MR) is 463 cm³/mol. The molecule has 0 aromatic carbocycles. The lowest BCUT2D eigenvalue weighted by Crippen LogP contribution is -2.30. The number of hydrogen-bond donors (Lipinski definition) is 3. The van der Waals surface area contributed by atoms with Gasteiger partial charge in [-0.3, -0.25) is 37.3 Å². The Morgan fingerprint density at radius 3 is 0.750 bits per heavy atom. The standard InChI is InChI=1S/C93H142O17P2/c1-5-9-13-17-21-25-29-33-37-41-43-47-50-54-58-62-66-70-74-78-91(96)104-84-89(110-93(98)80-76-72-68-64-60-56-52-48-44-42-38-34-30-26-22-18-14-10-6-2)86-108-112(101,102)106-82-87(94)81-105-111(99,100)107-85-88(109-92(97)79-75-71-67-63-59-55-51-46-40-36-32-28-24-20-16-12-8-4)83-103-90(95)77-73-69-65-61-57-53-49-45-39-35-31-27-23-19-15-11-7-3/h9-10,13-14,21-28,33-40,43-44,47-49,51,53-56,58,60-61,63,65-68,70,72,87-89,94H,5-8,11-12,15-20,29-32,41-42,45-46,50,52,57,59,62,64,69,71,73-86H2,1-4H3,(H,99,100)(H,101,102)/b13-9-,14-10-,25-21-,26-22-,27-23-,28-24-,37-33-,38-34-,39-35-,40-36-,47-43-,48-44-,53-49-,55-51-,58-54-,60-56-,65-61-,67-63-,70-66-,72-68-/t87-,88+,89+/m0/s1. The fourth-order valence-electron chi connectivity index (χ4n) is 9.61. The van der Waals surface area contributed by atoms with Crippen molar-refractivity contribution in [1.29, 1.82) is 0 Å². The first-order valence-corrected chi connectivity index (χ1v) is 44.3. The minimum Gasteiger partial charge on any atom is -0.462 e. The molecule has 0 saturated heterocycles. The van der Waals surface area contributed by atoms with Gasteiger partial charge in [0.25, 0.3) is 0 Å². The molecule has 0 heterocycles. The van der Waals surface area contributed by atoms with E-state index in [0.29, 0.717) is 51.4 Å². The highest BCUT2D eigenvalue weighted by Gasteiger charge is 2.30. The van der Waals surface area contributed by atoms with Crippen LogP contribution < -0.4 is 0 Å². The first-order chi connectivity index (χ1) is 54.7. The Balaban J connectivity index is 5.66. The molecule has 0 fully saturated rings. The number of esters is 4. The highest BCUT2D eigenvalue weighted by Crippen LogP contribution is 2.45. The molecule has 3 N–H and O–H groups in total. The topological polar surface area (TPSA) is 237 Å². The molecule has 0 rings (SSSR count). The molecule has 0 saturated carbocycles. The Labute approximate surface area is 676 Å². The molecule has 0 bridgehead atoms. The van der Waals surface area contributed by atoms with Crippen LogP contribution in [0.1, 0.15) is 259 Å². The van der Waals surface area contributed by atoms with Crippen LogP contribution in [0.2, 0.25) is 0 Å². The number of aliphatic hydroxyl groups is 1. The molecule has 19 heteroatoms. The van der Waals surface area contributed by atoms with Crippen LogP contribution in [0.3, 0.4) is 0 Å². The molecule has 0 aliphatic carbocycles. The lowest BCUT2D eigenvalue weighted by molar-refractivity contribution is -0.161. The molecule has 0 aliphatic heterocycles. The zero-order valence-corrected chi connectivity index (χ0v) is 70.3. The number of phosphoric ester groups is 2. The van der Waals surface area contributed by atoms with Crippen molar-refractivity contribution in [3.63, 3.8) is 0 Å². The van der Waals surface area contributed by atoms with Crippen molar-refractivity contribution in [2.45, 2.75) is 277 Å². The molecule has 0 aromatic rings. The summed E-state index contributed by atoms with van der Waals surface area (Å²) >= 11 is 0. The molecule has 17 nitrogen and oxygen atoms in total. The summed E-state index contributed by atoms with van der Waals surface area (Å²) in [5.74, 6) is -2.54. The average Bonchev–Trinajstić information content (AvgIpc) is 0.898. The molecular formula is C93H142O17P2. The minimum atomic E-state index is -5.04. The minimum absolute atomic E-state index is 0.00610. The van der Waals surface area contributed by atoms with Gasteiger partial charge in [0.15, 0.2) is 12.2 Å². The molecule has 626 valence electrons. The Kier molecular flexibility index (Phi) is 76.6. The van der Waals surface area contributed by atoms with Crippen LogP contribution in [0.5, 0.6) is 0 Å². The molecule has 0 radical (unpaired) electrons. The summed E-state index contributed by atoms with van der Waals surface area (Å²) in [5, 5.41) is 10.7. The van der Waals surface area contributed by atoms with Crippen molar-refractivity contribution < 1.29 is 80.2 Å². The summed E-state index contributed by atoms with van der Waals surface area (Å²) in [4.78, 5) is 73.1. The van der Waals surface area contributed by atoms with Crippen molar-refractivity contribution in [1.82, 2.24) is 0 Å². The van der Waals surface area contributed by atoms with Gasteiger partial charge in [0.05, 0.1) is 26.4 Å². The molecular weight excluding hydrogens is 1450 g/mol. The zero-order valence-electron chi connectivity index (χ0n) is 68.5. The summed E-state index contributed by atoms with van der Waals surface area (Å²) in [5.41, 5.74) is 0.